The molecule has 0 aliphatic carbocycles. The Hall–Kier alpha value is -2.88. The molecule has 1 aromatic heterocycles. The highest BCUT2D eigenvalue weighted by molar-refractivity contribution is 5.86. The molecule has 2 aromatic carbocycles. The lowest BCUT2D eigenvalue weighted by Gasteiger charge is -2.19. The Bertz CT molecular complexity index is 948. The number of para-hydroxylation sites is 1. The normalized spacial score (nSPS) is 10.8. The van der Waals surface area contributed by atoms with Crippen LogP contribution in [-0.4, -0.2) is 36.0 Å². The number of fused-ring (bicyclic) bond motifs is 1. The third-order valence-corrected chi connectivity index (χ3v) is 4.96. The van der Waals surface area contributed by atoms with Crippen LogP contribution in [0.2, 0.25) is 0 Å². The molecule has 0 N–H and O–H groups in total. The van der Waals surface area contributed by atoms with Crippen molar-refractivity contribution in [1.29, 1.82) is 0 Å². The van der Waals surface area contributed by atoms with E-state index in [1.54, 1.807) is 4.90 Å². The van der Waals surface area contributed by atoms with E-state index in [2.05, 4.69) is 18.0 Å². The van der Waals surface area contributed by atoms with E-state index < -0.39 is 0 Å². The molecule has 140 valence electrons. The number of rotatable bonds is 6. The molecule has 0 radical (unpaired) electrons. The second-order valence-corrected chi connectivity index (χ2v) is 6.97. The number of pyridine rings is 1. The van der Waals surface area contributed by atoms with E-state index in [1.165, 1.54) is 5.56 Å². The maximum Gasteiger partial charge on any atom is 0.226 e. The van der Waals surface area contributed by atoms with Gasteiger partial charge in [-0.2, -0.15) is 0 Å². The van der Waals surface area contributed by atoms with Gasteiger partial charge in [-0.1, -0.05) is 35.9 Å². The van der Waals surface area contributed by atoms with E-state index in [-0.39, 0.29) is 5.91 Å². The fourth-order valence-electron chi connectivity index (χ4n) is 3.18. The highest BCUT2D eigenvalue weighted by atomic mass is 16.5. The average Bonchev–Trinajstić information content (AvgIpc) is 2.66. The Kier molecular flexibility index (Phi) is 5.75. The number of hydrogen-bond donors (Lipinski definition) is 0. The molecular weight excluding hydrogens is 336 g/mol. The first kappa shape index (κ1) is 18.9. The van der Waals surface area contributed by atoms with E-state index in [0.29, 0.717) is 19.6 Å². The van der Waals surface area contributed by atoms with Gasteiger partial charge < -0.3 is 9.64 Å². The van der Waals surface area contributed by atoms with Crippen LogP contribution in [-0.2, 0) is 11.2 Å². The van der Waals surface area contributed by atoms with Gasteiger partial charge in [-0.05, 0) is 50.1 Å². The summed E-state index contributed by atoms with van der Waals surface area (Å²) in [5.74, 6) is 0.901. The minimum absolute atomic E-state index is 0.0748. The third kappa shape index (κ3) is 4.45. The van der Waals surface area contributed by atoms with Crippen LogP contribution in [0, 0.1) is 20.8 Å². The summed E-state index contributed by atoms with van der Waals surface area (Å²) < 4.78 is 5.73. The quantitative estimate of drug-likeness (QED) is 0.659. The van der Waals surface area contributed by atoms with Gasteiger partial charge in [-0.3, -0.25) is 9.78 Å². The minimum Gasteiger partial charge on any atom is -0.492 e. The molecule has 27 heavy (non-hydrogen) atoms. The van der Waals surface area contributed by atoms with Crippen LogP contribution < -0.4 is 4.74 Å². The third-order valence-electron chi connectivity index (χ3n) is 4.96. The highest BCUT2D eigenvalue weighted by Gasteiger charge is 2.15. The number of ether oxygens (including phenoxy) is 1. The first-order valence-corrected chi connectivity index (χ1v) is 9.24. The molecule has 0 saturated heterocycles. The predicted molar refractivity (Wildman–Crippen MR) is 109 cm³/mol. The van der Waals surface area contributed by atoms with E-state index in [1.807, 2.05) is 63.4 Å². The molecule has 4 heteroatoms. The van der Waals surface area contributed by atoms with Gasteiger partial charge >= 0.3 is 0 Å². The van der Waals surface area contributed by atoms with Gasteiger partial charge in [0.1, 0.15) is 12.4 Å². The molecule has 3 aromatic rings. The molecule has 0 aliphatic rings. The second-order valence-electron chi connectivity index (χ2n) is 6.97. The van der Waals surface area contributed by atoms with Gasteiger partial charge in [0.25, 0.3) is 0 Å². The van der Waals surface area contributed by atoms with E-state index in [0.717, 1.165) is 33.5 Å². The molecule has 0 saturated carbocycles. The number of aryl methyl sites for hydroxylation is 3. The molecule has 0 aliphatic heterocycles. The van der Waals surface area contributed by atoms with Crippen LogP contribution in [0.15, 0.2) is 48.5 Å². The molecule has 1 heterocycles. The summed E-state index contributed by atoms with van der Waals surface area (Å²) in [6, 6.07) is 16.0. The zero-order valence-corrected chi connectivity index (χ0v) is 16.5. The van der Waals surface area contributed by atoms with Crippen LogP contribution in [0.3, 0.4) is 0 Å². The van der Waals surface area contributed by atoms with E-state index >= 15 is 0 Å². The van der Waals surface area contributed by atoms with Crippen LogP contribution in [0.25, 0.3) is 10.9 Å². The Morgan fingerprint density at radius 3 is 2.48 bits per heavy atom. The van der Waals surface area contributed by atoms with E-state index in [4.69, 9.17) is 4.74 Å². The van der Waals surface area contributed by atoms with Crippen molar-refractivity contribution in [3.8, 4) is 5.75 Å². The van der Waals surface area contributed by atoms with Crippen molar-refractivity contribution >= 4 is 16.8 Å². The van der Waals surface area contributed by atoms with Gasteiger partial charge in [-0.25, -0.2) is 0 Å². The van der Waals surface area contributed by atoms with Crippen LogP contribution in [0.5, 0.6) is 5.75 Å². The molecular formula is C23H26N2O2. The summed E-state index contributed by atoms with van der Waals surface area (Å²) in [5, 5.41) is 1.11. The number of carbonyl (C=O) groups is 1. The standard InChI is InChI=1S/C23H26N2O2/c1-16-9-11-19(12-10-16)27-14-13-25(4)23(26)15-21-17(2)20-7-5-6-8-22(20)24-18(21)3/h5-12H,13-15H2,1-4H3. The van der Waals surface area contributed by atoms with Crippen molar-refractivity contribution in [2.45, 2.75) is 27.2 Å². The maximum absolute atomic E-state index is 12.7. The number of aromatic nitrogens is 1. The van der Waals surface area contributed by atoms with Crippen molar-refractivity contribution in [2.75, 3.05) is 20.2 Å². The molecule has 0 spiro atoms. The van der Waals surface area contributed by atoms with Crippen molar-refractivity contribution in [1.82, 2.24) is 9.88 Å². The molecule has 0 atom stereocenters. The number of nitrogens with zero attached hydrogens (tertiary/aromatic N) is 2. The number of carbonyl (C=O) groups excluding carboxylic acids is 1. The first-order valence-electron chi connectivity index (χ1n) is 9.24. The van der Waals surface area contributed by atoms with Crippen LogP contribution in [0.1, 0.15) is 22.4 Å². The van der Waals surface area contributed by atoms with Gasteiger partial charge in [0.05, 0.1) is 18.5 Å². The van der Waals surface area contributed by atoms with Crippen molar-refractivity contribution < 1.29 is 9.53 Å². The zero-order chi connectivity index (χ0) is 19.4. The van der Waals surface area contributed by atoms with Crippen LogP contribution >= 0.6 is 0 Å². The van der Waals surface area contributed by atoms with Gasteiger partial charge in [0.15, 0.2) is 0 Å². The van der Waals surface area contributed by atoms with Gasteiger partial charge in [-0.15, -0.1) is 0 Å². The van der Waals surface area contributed by atoms with E-state index in [9.17, 15) is 4.79 Å². The lowest BCUT2D eigenvalue weighted by Crippen LogP contribution is -2.32. The summed E-state index contributed by atoms with van der Waals surface area (Å²) in [4.78, 5) is 19.1. The van der Waals surface area contributed by atoms with Crippen molar-refractivity contribution in [3.05, 3.63) is 70.9 Å². The summed E-state index contributed by atoms with van der Waals surface area (Å²) in [6.45, 7) is 7.11. The topological polar surface area (TPSA) is 42.4 Å². The Morgan fingerprint density at radius 2 is 1.74 bits per heavy atom. The molecule has 4 nitrogen and oxygen atoms in total. The summed E-state index contributed by atoms with van der Waals surface area (Å²) in [5.41, 5.74) is 5.25. The summed E-state index contributed by atoms with van der Waals surface area (Å²) >= 11 is 0. The largest absolute Gasteiger partial charge is 0.492 e. The zero-order valence-electron chi connectivity index (χ0n) is 16.5. The number of hydrogen-bond acceptors (Lipinski definition) is 3. The summed E-state index contributed by atoms with van der Waals surface area (Å²) in [7, 11) is 1.82. The molecule has 0 fully saturated rings. The number of amides is 1. The van der Waals surface area contributed by atoms with Crippen molar-refractivity contribution in [3.63, 3.8) is 0 Å². The Morgan fingerprint density at radius 1 is 1.04 bits per heavy atom. The fourth-order valence-corrected chi connectivity index (χ4v) is 3.18. The lowest BCUT2D eigenvalue weighted by molar-refractivity contribution is -0.129. The smallest absolute Gasteiger partial charge is 0.226 e. The van der Waals surface area contributed by atoms with Gasteiger partial charge in [0.2, 0.25) is 5.91 Å². The molecule has 3 rings (SSSR count). The fraction of sp³-hybridized carbons (Fsp3) is 0.304. The first-order chi connectivity index (χ1) is 13.0. The van der Waals surface area contributed by atoms with Gasteiger partial charge in [0, 0.05) is 18.1 Å². The minimum atomic E-state index is 0.0748. The highest BCUT2D eigenvalue weighted by Crippen LogP contribution is 2.23. The Labute approximate surface area is 160 Å². The number of likely N-dealkylation sites (N-methyl/N-ethyl adjacent to an activating group) is 1. The Balaban J connectivity index is 1.62. The predicted octanol–water partition coefficient (Wildman–Crippen LogP) is 4.24. The molecule has 0 unspecified atom stereocenters. The lowest BCUT2D eigenvalue weighted by atomic mass is 9.99. The average molecular weight is 362 g/mol. The SMILES string of the molecule is Cc1ccc(OCCN(C)C(=O)Cc2c(C)nc3ccccc3c2C)cc1. The molecule has 1 amide bonds. The van der Waals surface area contributed by atoms with Crippen molar-refractivity contribution in [2.24, 2.45) is 0 Å². The number of benzene rings is 2. The monoisotopic (exact) mass is 362 g/mol. The second kappa shape index (κ2) is 8.21. The maximum atomic E-state index is 12.7. The van der Waals surface area contributed by atoms with Crippen LogP contribution in [0.4, 0.5) is 0 Å². The summed E-state index contributed by atoms with van der Waals surface area (Å²) in [6.07, 6.45) is 0.358. The molecule has 0 bridgehead atoms.